The molecular formula is C9H4N3O3. The molecule has 3 heterocycles. The minimum absolute atomic E-state index is 0.167. The summed E-state index contributed by atoms with van der Waals surface area (Å²) >= 11 is 0. The molecule has 0 bridgehead atoms. The van der Waals surface area contributed by atoms with Crippen molar-refractivity contribution in [1.82, 2.24) is 9.97 Å². The lowest BCUT2D eigenvalue weighted by Gasteiger charge is -2.00. The van der Waals surface area contributed by atoms with Gasteiger partial charge < -0.3 is 5.73 Å². The van der Waals surface area contributed by atoms with Gasteiger partial charge in [-0.2, -0.15) is 0 Å². The molecule has 3 aromatic heterocycles. The minimum Gasteiger partial charge on any atom is -0.364 e. The van der Waals surface area contributed by atoms with Gasteiger partial charge in [-0.15, -0.1) is 0 Å². The van der Waals surface area contributed by atoms with E-state index in [0.717, 1.165) is 0 Å². The number of carbonyl (C=O) groups is 1. The van der Waals surface area contributed by atoms with Crippen molar-refractivity contribution in [1.29, 1.82) is 0 Å². The Morgan fingerprint density at radius 2 is 2.20 bits per heavy atom. The van der Waals surface area contributed by atoms with Crippen LogP contribution in [0.15, 0.2) is 21.3 Å². The lowest BCUT2D eigenvalue weighted by Crippen LogP contribution is -2.12. The fraction of sp³-hybridized carbons (Fsp3) is 0. The van der Waals surface area contributed by atoms with Crippen molar-refractivity contribution in [2.24, 2.45) is 5.73 Å². The van der Waals surface area contributed by atoms with Crippen molar-refractivity contribution in [3.05, 3.63) is 23.9 Å². The van der Waals surface area contributed by atoms with E-state index >= 15 is 0 Å². The molecule has 1 amide bonds. The first kappa shape index (κ1) is 7.98. The third-order valence-electron chi connectivity index (χ3n) is 1.98. The van der Waals surface area contributed by atoms with Crippen molar-refractivity contribution < 1.29 is 13.9 Å². The van der Waals surface area contributed by atoms with Crippen molar-refractivity contribution in [2.75, 3.05) is 0 Å². The molecule has 3 rings (SSSR count). The van der Waals surface area contributed by atoms with Crippen LogP contribution in [0.5, 0.6) is 0 Å². The highest BCUT2D eigenvalue weighted by Gasteiger charge is 2.11. The van der Waals surface area contributed by atoms with Gasteiger partial charge in [-0.05, 0) is 12.1 Å². The number of carbonyl (C=O) groups excluding carboxylic acids is 1. The lowest BCUT2D eigenvalue weighted by atomic mass is 10.2. The van der Waals surface area contributed by atoms with E-state index in [2.05, 4.69) is 25.2 Å². The number of nitrogens with two attached hydrogens (primary N) is 1. The van der Waals surface area contributed by atoms with E-state index in [-0.39, 0.29) is 5.69 Å². The van der Waals surface area contributed by atoms with Gasteiger partial charge in [0, 0.05) is 0 Å². The summed E-state index contributed by atoms with van der Waals surface area (Å²) in [7, 11) is 0. The standard InChI is InChI=1S/C9H4N3O3/c10-8(13)5-2-1-4-6(11-5)3-7-9(12-4)15-14-7/h1-2H,(H2,10,13). The minimum atomic E-state index is -0.592. The predicted molar refractivity (Wildman–Crippen MR) is 48.9 cm³/mol. The molecule has 3 aromatic rings. The summed E-state index contributed by atoms with van der Waals surface area (Å²) in [5.74, 6) is -0.592. The SMILES string of the molecule is NC(=O)c1ccc2nc3ooc3[c]c2n1. The zero-order chi connectivity index (χ0) is 10.4. The zero-order valence-corrected chi connectivity index (χ0v) is 7.35. The number of fused-ring (bicyclic) bond motifs is 2. The number of hydrogen-bond acceptors (Lipinski definition) is 5. The van der Waals surface area contributed by atoms with Gasteiger partial charge in [0.05, 0.1) is 11.6 Å². The van der Waals surface area contributed by atoms with Crippen LogP contribution < -0.4 is 5.73 Å². The van der Waals surface area contributed by atoms with E-state index < -0.39 is 5.91 Å². The Morgan fingerprint density at radius 3 is 2.87 bits per heavy atom. The first-order valence-corrected chi connectivity index (χ1v) is 4.12. The Bertz CT molecular complexity index is 667. The van der Waals surface area contributed by atoms with E-state index in [4.69, 9.17) is 5.73 Å². The topological polar surface area (TPSA) is 95.2 Å². The van der Waals surface area contributed by atoms with Crippen LogP contribution in [0.25, 0.3) is 22.3 Å². The molecule has 0 atom stereocenters. The molecular weight excluding hydrogens is 198 g/mol. The molecule has 0 aliphatic rings. The quantitative estimate of drug-likeness (QED) is 0.590. The second-order valence-electron chi connectivity index (χ2n) is 2.97. The van der Waals surface area contributed by atoms with E-state index in [0.29, 0.717) is 22.3 Å². The maximum absolute atomic E-state index is 10.9. The second kappa shape index (κ2) is 2.57. The summed E-state index contributed by atoms with van der Waals surface area (Å²) < 4.78 is 9.21. The Morgan fingerprint density at radius 1 is 1.33 bits per heavy atom. The third-order valence-corrected chi connectivity index (χ3v) is 1.98. The number of primary amides is 1. The highest BCUT2D eigenvalue weighted by atomic mass is 17.0. The monoisotopic (exact) mass is 202 g/mol. The molecule has 6 heteroatoms. The molecule has 0 aromatic carbocycles. The number of rotatable bonds is 1. The van der Waals surface area contributed by atoms with Crippen LogP contribution in [-0.4, -0.2) is 15.9 Å². The fourth-order valence-corrected chi connectivity index (χ4v) is 1.25. The van der Waals surface area contributed by atoms with Crippen LogP contribution in [0.1, 0.15) is 10.5 Å². The Labute approximate surface area is 82.6 Å². The number of aromatic nitrogens is 2. The fourth-order valence-electron chi connectivity index (χ4n) is 1.25. The Balaban J connectivity index is 2.34. The zero-order valence-electron chi connectivity index (χ0n) is 7.35. The number of nitrogens with zero attached hydrogens (tertiary/aromatic N) is 2. The summed E-state index contributed by atoms with van der Waals surface area (Å²) in [6, 6.07) is 5.93. The molecule has 6 nitrogen and oxygen atoms in total. The number of hydrogen-bond donors (Lipinski definition) is 1. The molecule has 0 aliphatic heterocycles. The molecule has 0 saturated carbocycles. The Hall–Kier alpha value is -2.37. The van der Waals surface area contributed by atoms with E-state index in [1.165, 1.54) is 6.07 Å². The molecule has 15 heavy (non-hydrogen) atoms. The van der Waals surface area contributed by atoms with Gasteiger partial charge in [0.2, 0.25) is 0 Å². The average Bonchev–Trinajstić information content (AvgIpc) is 2.20. The molecule has 73 valence electrons. The summed E-state index contributed by atoms with van der Waals surface area (Å²) in [6.45, 7) is 0. The van der Waals surface area contributed by atoms with Gasteiger partial charge in [0.15, 0.2) is 0 Å². The van der Waals surface area contributed by atoms with E-state index in [1.54, 1.807) is 6.07 Å². The smallest absolute Gasteiger partial charge is 0.318 e. The summed E-state index contributed by atoms with van der Waals surface area (Å²) in [5, 5.41) is 0. The molecule has 0 aliphatic carbocycles. The van der Waals surface area contributed by atoms with Gasteiger partial charge >= 0.3 is 5.71 Å². The molecule has 0 saturated heterocycles. The van der Waals surface area contributed by atoms with Gasteiger partial charge in [-0.1, -0.05) is 0 Å². The normalized spacial score (nSPS) is 11.2. The predicted octanol–water partition coefficient (Wildman–Crippen LogP) is 0.868. The van der Waals surface area contributed by atoms with Gasteiger partial charge in [-0.3, -0.25) is 13.9 Å². The lowest BCUT2D eigenvalue weighted by molar-refractivity contribution is 0.0551. The van der Waals surface area contributed by atoms with Crippen LogP contribution in [0.2, 0.25) is 0 Å². The van der Waals surface area contributed by atoms with Crippen LogP contribution in [0.4, 0.5) is 0 Å². The molecule has 2 N–H and O–H groups in total. The average molecular weight is 202 g/mol. The highest BCUT2D eigenvalue weighted by molar-refractivity contribution is 5.94. The van der Waals surface area contributed by atoms with Gasteiger partial charge in [-0.25, -0.2) is 9.97 Å². The van der Waals surface area contributed by atoms with Gasteiger partial charge in [0.1, 0.15) is 11.2 Å². The summed E-state index contributed by atoms with van der Waals surface area (Å²) in [6.07, 6.45) is 0. The van der Waals surface area contributed by atoms with Gasteiger partial charge in [0.25, 0.3) is 11.5 Å². The summed E-state index contributed by atoms with van der Waals surface area (Å²) in [4.78, 5) is 18.9. The van der Waals surface area contributed by atoms with Crippen LogP contribution in [-0.2, 0) is 0 Å². The van der Waals surface area contributed by atoms with Crippen LogP contribution in [0.3, 0.4) is 0 Å². The molecule has 0 spiro atoms. The molecule has 0 fully saturated rings. The number of amides is 1. The van der Waals surface area contributed by atoms with Crippen molar-refractivity contribution in [2.45, 2.75) is 0 Å². The first-order valence-electron chi connectivity index (χ1n) is 4.12. The van der Waals surface area contributed by atoms with Crippen LogP contribution in [0, 0.1) is 6.07 Å². The molecule has 1 radical (unpaired) electrons. The van der Waals surface area contributed by atoms with Crippen LogP contribution >= 0.6 is 0 Å². The van der Waals surface area contributed by atoms with Crippen molar-refractivity contribution >= 4 is 28.2 Å². The molecule has 0 unspecified atom stereocenters. The number of pyridine rings is 2. The Kier molecular flexibility index (Phi) is 1.37. The first-order chi connectivity index (χ1) is 7.24. The largest absolute Gasteiger partial charge is 0.364 e. The summed E-state index contributed by atoms with van der Waals surface area (Å²) in [5.41, 5.74) is 7.02. The van der Waals surface area contributed by atoms with Crippen molar-refractivity contribution in [3.63, 3.8) is 0 Å². The van der Waals surface area contributed by atoms with Crippen molar-refractivity contribution in [3.8, 4) is 0 Å². The second-order valence-corrected chi connectivity index (χ2v) is 2.97. The highest BCUT2D eigenvalue weighted by Crippen LogP contribution is 2.20. The van der Waals surface area contributed by atoms with E-state index in [1.807, 2.05) is 0 Å². The maximum Gasteiger partial charge on any atom is 0.318 e. The maximum atomic E-state index is 10.9. The third kappa shape index (κ3) is 1.08. The van der Waals surface area contributed by atoms with E-state index in [9.17, 15) is 4.79 Å².